The molecule has 3 N–H and O–H groups in total. The quantitative estimate of drug-likeness (QED) is 0.613. The molecule has 31 heavy (non-hydrogen) atoms. The molecule has 1 amide bonds. The molecule has 1 aliphatic heterocycles. The molecule has 0 unspecified atom stereocenters. The van der Waals surface area contributed by atoms with Crippen LogP contribution in [-0.4, -0.2) is 34.5 Å². The molecule has 0 bridgehead atoms. The highest BCUT2D eigenvalue weighted by Gasteiger charge is 2.23. The molecule has 0 saturated carbocycles. The number of carbonyl (C=O) groups is 1. The fourth-order valence-corrected chi connectivity index (χ4v) is 5.30. The van der Waals surface area contributed by atoms with Gasteiger partial charge < -0.3 is 15.4 Å². The van der Waals surface area contributed by atoms with E-state index in [-0.39, 0.29) is 16.7 Å². The summed E-state index contributed by atoms with van der Waals surface area (Å²) in [5.41, 5.74) is 6.87. The molecular weight excluding hydrogens is 414 g/mol. The number of piperidine rings is 1. The minimum atomic E-state index is -3.79. The van der Waals surface area contributed by atoms with Gasteiger partial charge in [-0.2, -0.15) is 0 Å². The molecule has 0 spiro atoms. The molecule has 1 heterocycles. The van der Waals surface area contributed by atoms with E-state index >= 15 is 0 Å². The van der Waals surface area contributed by atoms with Crippen molar-refractivity contribution in [3.8, 4) is 5.75 Å². The summed E-state index contributed by atoms with van der Waals surface area (Å²) in [5.74, 6) is 0.316. The van der Waals surface area contributed by atoms with E-state index in [4.69, 9.17) is 10.5 Å². The number of hydrogen-bond acceptors (Lipinski definition) is 5. The lowest BCUT2D eigenvalue weighted by atomic mass is 9.96. The lowest BCUT2D eigenvalue weighted by Gasteiger charge is -2.32. The van der Waals surface area contributed by atoms with Crippen molar-refractivity contribution in [2.45, 2.75) is 17.7 Å². The Kier molecular flexibility index (Phi) is 5.73. The Morgan fingerprint density at radius 3 is 2.26 bits per heavy atom. The molecule has 1 saturated heterocycles. The van der Waals surface area contributed by atoms with E-state index in [1.165, 1.54) is 0 Å². The van der Waals surface area contributed by atoms with Gasteiger partial charge in [0.05, 0.1) is 12.0 Å². The van der Waals surface area contributed by atoms with Crippen LogP contribution in [0.5, 0.6) is 5.75 Å². The van der Waals surface area contributed by atoms with Gasteiger partial charge in [0.2, 0.25) is 5.91 Å². The molecule has 8 heteroatoms. The molecule has 0 radical (unpaired) electrons. The Labute approximate surface area is 181 Å². The minimum absolute atomic E-state index is 0.0679. The second-order valence-electron chi connectivity index (χ2n) is 7.63. The van der Waals surface area contributed by atoms with Crippen molar-refractivity contribution in [3.05, 3.63) is 60.7 Å². The van der Waals surface area contributed by atoms with Gasteiger partial charge in [0, 0.05) is 41.2 Å². The second-order valence-corrected chi connectivity index (χ2v) is 9.28. The highest BCUT2D eigenvalue weighted by atomic mass is 32.2. The third-order valence-electron chi connectivity index (χ3n) is 5.74. The Hall–Kier alpha value is -3.26. The largest absolute Gasteiger partial charge is 0.496 e. The normalized spacial score (nSPS) is 15.1. The molecule has 0 aliphatic carbocycles. The van der Waals surface area contributed by atoms with E-state index in [1.54, 1.807) is 43.5 Å². The van der Waals surface area contributed by atoms with Gasteiger partial charge in [0.25, 0.3) is 10.0 Å². The first-order valence-corrected chi connectivity index (χ1v) is 11.6. The number of ether oxygens (including phenoxy) is 1. The summed E-state index contributed by atoms with van der Waals surface area (Å²) < 4.78 is 34.2. The molecule has 0 atom stereocenters. The molecule has 7 nitrogen and oxygen atoms in total. The number of benzene rings is 3. The highest BCUT2D eigenvalue weighted by Crippen LogP contribution is 2.32. The van der Waals surface area contributed by atoms with Crippen molar-refractivity contribution < 1.29 is 17.9 Å². The third kappa shape index (κ3) is 4.29. The number of nitrogens with two attached hydrogens (primary N) is 1. The number of nitrogens with one attached hydrogen (secondary N) is 1. The Morgan fingerprint density at radius 1 is 1.00 bits per heavy atom. The lowest BCUT2D eigenvalue weighted by molar-refractivity contribution is -0.122. The van der Waals surface area contributed by atoms with Crippen LogP contribution in [0.3, 0.4) is 0 Å². The van der Waals surface area contributed by atoms with Gasteiger partial charge in [-0.1, -0.05) is 24.3 Å². The maximum absolute atomic E-state index is 13.1. The molecule has 3 aromatic rings. The number of primary amides is 1. The number of sulfonamides is 1. The third-order valence-corrected chi connectivity index (χ3v) is 7.17. The van der Waals surface area contributed by atoms with Crippen molar-refractivity contribution >= 4 is 38.1 Å². The summed E-state index contributed by atoms with van der Waals surface area (Å²) in [6.07, 6.45) is 1.46. The number of rotatable bonds is 6. The molecule has 162 valence electrons. The van der Waals surface area contributed by atoms with Gasteiger partial charge in [0.1, 0.15) is 5.75 Å². The van der Waals surface area contributed by atoms with Crippen LogP contribution in [0.4, 0.5) is 11.4 Å². The predicted molar refractivity (Wildman–Crippen MR) is 122 cm³/mol. The topological polar surface area (TPSA) is 102 Å². The van der Waals surface area contributed by atoms with Crippen molar-refractivity contribution in [2.24, 2.45) is 11.7 Å². The second kappa shape index (κ2) is 8.47. The zero-order valence-corrected chi connectivity index (χ0v) is 18.1. The molecule has 3 aromatic carbocycles. The maximum atomic E-state index is 13.1. The summed E-state index contributed by atoms with van der Waals surface area (Å²) in [6, 6.07) is 17.7. The SMILES string of the molecule is COc1ccc(S(=O)(=O)Nc2ccc(N3CCC(C(N)=O)CC3)cc2)c2ccccc12. The number of methoxy groups -OCH3 is 1. The van der Waals surface area contributed by atoms with Gasteiger partial charge >= 0.3 is 0 Å². The van der Waals surface area contributed by atoms with Crippen LogP contribution in [0.2, 0.25) is 0 Å². The molecule has 1 aliphatic rings. The van der Waals surface area contributed by atoms with E-state index in [9.17, 15) is 13.2 Å². The van der Waals surface area contributed by atoms with E-state index in [0.29, 0.717) is 16.8 Å². The Balaban J connectivity index is 1.53. The van der Waals surface area contributed by atoms with Crippen LogP contribution in [-0.2, 0) is 14.8 Å². The van der Waals surface area contributed by atoms with Crippen LogP contribution < -0.4 is 20.1 Å². The summed E-state index contributed by atoms with van der Waals surface area (Å²) >= 11 is 0. The summed E-state index contributed by atoms with van der Waals surface area (Å²) in [6.45, 7) is 1.49. The zero-order chi connectivity index (χ0) is 22.0. The molecular formula is C23H25N3O4S. The first-order valence-electron chi connectivity index (χ1n) is 10.1. The fourth-order valence-electron chi connectivity index (χ4n) is 4.03. The van der Waals surface area contributed by atoms with Crippen molar-refractivity contribution in [1.82, 2.24) is 0 Å². The Bertz CT molecular complexity index is 1200. The van der Waals surface area contributed by atoms with Crippen molar-refractivity contribution in [3.63, 3.8) is 0 Å². The van der Waals surface area contributed by atoms with Crippen LogP contribution in [0.15, 0.2) is 65.6 Å². The van der Waals surface area contributed by atoms with Gasteiger partial charge in [0.15, 0.2) is 0 Å². The van der Waals surface area contributed by atoms with Crippen LogP contribution in [0.25, 0.3) is 10.8 Å². The van der Waals surface area contributed by atoms with Crippen LogP contribution >= 0.6 is 0 Å². The lowest BCUT2D eigenvalue weighted by Crippen LogP contribution is -2.38. The van der Waals surface area contributed by atoms with Gasteiger partial charge in [-0.15, -0.1) is 0 Å². The average Bonchev–Trinajstić information content (AvgIpc) is 2.78. The standard InChI is InChI=1S/C23H25N3O4S/c1-30-21-10-11-22(20-5-3-2-4-19(20)21)31(28,29)25-17-6-8-18(9-7-17)26-14-12-16(13-15-26)23(24)27/h2-11,16,25H,12-15H2,1H3,(H2,24,27). The average molecular weight is 440 g/mol. The predicted octanol–water partition coefficient (Wildman–Crippen LogP) is 3.35. The van der Waals surface area contributed by atoms with E-state index in [2.05, 4.69) is 9.62 Å². The Morgan fingerprint density at radius 2 is 1.65 bits per heavy atom. The van der Waals surface area contributed by atoms with E-state index in [0.717, 1.165) is 37.0 Å². The summed E-state index contributed by atoms with van der Waals surface area (Å²) in [5, 5.41) is 1.34. The van der Waals surface area contributed by atoms with Gasteiger partial charge in [-0.3, -0.25) is 9.52 Å². The smallest absolute Gasteiger partial charge is 0.262 e. The zero-order valence-electron chi connectivity index (χ0n) is 17.2. The van der Waals surface area contributed by atoms with Crippen LogP contribution in [0, 0.1) is 5.92 Å². The number of nitrogens with zero attached hydrogens (tertiary/aromatic N) is 1. The highest BCUT2D eigenvalue weighted by molar-refractivity contribution is 7.93. The van der Waals surface area contributed by atoms with Gasteiger partial charge in [-0.25, -0.2) is 8.42 Å². The fraction of sp³-hybridized carbons (Fsp3) is 0.261. The van der Waals surface area contributed by atoms with Gasteiger partial charge in [-0.05, 0) is 49.2 Å². The molecule has 4 rings (SSSR count). The number of carbonyl (C=O) groups excluding carboxylic acids is 1. The summed E-state index contributed by atoms with van der Waals surface area (Å²) in [4.78, 5) is 13.7. The molecule has 1 fully saturated rings. The van der Waals surface area contributed by atoms with E-state index in [1.807, 2.05) is 24.3 Å². The monoisotopic (exact) mass is 439 g/mol. The molecule has 0 aromatic heterocycles. The number of fused-ring (bicyclic) bond motifs is 1. The maximum Gasteiger partial charge on any atom is 0.262 e. The number of anilines is 2. The van der Waals surface area contributed by atoms with Crippen molar-refractivity contribution in [1.29, 1.82) is 0 Å². The minimum Gasteiger partial charge on any atom is -0.496 e. The number of hydrogen-bond donors (Lipinski definition) is 2. The first-order chi connectivity index (χ1) is 14.9. The van der Waals surface area contributed by atoms with Crippen molar-refractivity contribution in [2.75, 3.05) is 29.8 Å². The number of amides is 1. The van der Waals surface area contributed by atoms with Crippen LogP contribution in [0.1, 0.15) is 12.8 Å². The van der Waals surface area contributed by atoms with E-state index < -0.39 is 10.0 Å². The first kappa shape index (κ1) is 21.0. The summed E-state index contributed by atoms with van der Waals surface area (Å²) in [7, 11) is -2.23.